The molecule has 1 aliphatic rings. The van der Waals surface area contributed by atoms with Gasteiger partial charge >= 0.3 is 0 Å². The summed E-state index contributed by atoms with van der Waals surface area (Å²) >= 11 is 6.32. The molecule has 0 fully saturated rings. The Morgan fingerprint density at radius 3 is 2.56 bits per heavy atom. The zero-order chi connectivity index (χ0) is 22.5. The first-order chi connectivity index (χ1) is 15.5. The van der Waals surface area contributed by atoms with E-state index in [1.807, 2.05) is 42.5 Å². The average molecular weight is 453 g/mol. The highest BCUT2D eigenvalue weighted by Crippen LogP contribution is 2.23. The molecule has 3 aromatic carbocycles. The third-order valence-electron chi connectivity index (χ3n) is 5.29. The Morgan fingerprint density at radius 1 is 1.12 bits per heavy atom. The Kier molecular flexibility index (Phi) is 6.71. The molecular formula is C25H22ClFN2O3. The average Bonchev–Trinajstić information content (AvgIpc) is 3.28. The summed E-state index contributed by atoms with van der Waals surface area (Å²) in [6.07, 6.45) is 0.168. The molecule has 0 saturated carbocycles. The standard InChI is InChI=1S/C25H22ClFN2O3/c1-31-19-12-10-17(11-13-19)24-14-20(32-28-24)16-29(15-18-6-2-4-8-22(18)26)25(30)21-7-3-5-9-23(21)27/h2-13,20H,14-16H2,1H3/t20-/m0/s1. The largest absolute Gasteiger partial charge is 0.497 e. The van der Waals surface area contributed by atoms with Crippen molar-refractivity contribution in [3.8, 4) is 5.75 Å². The summed E-state index contributed by atoms with van der Waals surface area (Å²) in [5.41, 5.74) is 2.49. The topological polar surface area (TPSA) is 51.1 Å². The molecule has 0 unspecified atom stereocenters. The maximum atomic E-state index is 14.3. The van der Waals surface area contributed by atoms with E-state index in [0.29, 0.717) is 11.4 Å². The lowest BCUT2D eigenvalue weighted by molar-refractivity contribution is 0.0402. The highest BCUT2D eigenvalue weighted by Gasteiger charge is 2.28. The molecule has 0 N–H and O–H groups in total. The van der Waals surface area contributed by atoms with Crippen molar-refractivity contribution < 1.29 is 18.8 Å². The van der Waals surface area contributed by atoms with E-state index in [1.54, 1.807) is 30.2 Å². The smallest absolute Gasteiger partial charge is 0.257 e. The Hall–Kier alpha value is -3.38. The van der Waals surface area contributed by atoms with Crippen LogP contribution in [-0.2, 0) is 11.4 Å². The molecule has 5 nitrogen and oxygen atoms in total. The van der Waals surface area contributed by atoms with Gasteiger partial charge in [-0.1, -0.05) is 47.1 Å². The Labute approximate surface area is 191 Å². The fourth-order valence-corrected chi connectivity index (χ4v) is 3.78. The second kappa shape index (κ2) is 9.83. The van der Waals surface area contributed by atoms with Gasteiger partial charge in [0.15, 0.2) is 6.10 Å². The van der Waals surface area contributed by atoms with Gasteiger partial charge in [0.25, 0.3) is 5.91 Å². The molecule has 32 heavy (non-hydrogen) atoms. The fraction of sp³-hybridized carbons (Fsp3) is 0.200. The van der Waals surface area contributed by atoms with Crippen molar-refractivity contribution in [2.75, 3.05) is 13.7 Å². The van der Waals surface area contributed by atoms with Gasteiger partial charge in [-0.15, -0.1) is 0 Å². The predicted octanol–water partition coefficient (Wildman–Crippen LogP) is 5.32. The van der Waals surface area contributed by atoms with Gasteiger partial charge < -0.3 is 14.5 Å². The third kappa shape index (κ3) is 4.92. The maximum absolute atomic E-state index is 14.3. The first-order valence-electron chi connectivity index (χ1n) is 10.2. The number of hydrogen-bond donors (Lipinski definition) is 0. The van der Waals surface area contributed by atoms with E-state index >= 15 is 0 Å². The van der Waals surface area contributed by atoms with E-state index in [9.17, 15) is 9.18 Å². The van der Waals surface area contributed by atoms with Gasteiger partial charge in [-0.3, -0.25) is 4.79 Å². The van der Waals surface area contributed by atoms with Crippen molar-refractivity contribution in [2.45, 2.75) is 19.1 Å². The molecule has 0 spiro atoms. The van der Waals surface area contributed by atoms with Gasteiger partial charge in [-0.05, 0) is 53.6 Å². The van der Waals surface area contributed by atoms with Crippen LogP contribution in [0.25, 0.3) is 0 Å². The number of hydrogen-bond acceptors (Lipinski definition) is 4. The molecule has 7 heteroatoms. The van der Waals surface area contributed by atoms with Gasteiger partial charge in [-0.25, -0.2) is 4.39 Å². The minimum Gasteiger partial charge on any atom is -0.497 e. The van der Waals surface area contributed by atoms with Gasteiger partial charge in [-0.2, -0.15) is 0 Å². The number of amides is 1. The molecule has 1 amide bonds. The summed E-state index contributed by atoms with van der Waals surface area (Å²) in [5.74, 6) is -0.236. The number of methoxy groups -OCH3 is 1. The summed E-state index contributed by atoms with van der Waals surface area (Å²) in [6, 6.07) is 20.8. The summed E-state index contributed by atoms with van der Waals surface area (Å²) in [5, 5.41) is 4.75. The third-order valence-corrected chi connectivity index (χ3v) is 5.66. The Balaban J connectivity index is 1.52. The molecule has 1 aliphatic heterocycles. The molecular weight excluding hydrogens is 431 g/mol. The van der Waals surface area contributed by atoms with E-state index < -0.39 is 11.7 Å². The molecule has 0 bridgehead atoms. The molecule has 164 valence electrons. The van der Waals surface area contributed by atoms with Gasteiger partial charge in [0.2, 0.25) is 0 Å². The zero-order valence-corrected chi connectivity index (χ0v) is 18.3. The fourth-order valence-electron chi connectivity index (χ4n) is 3.58. The molecule has 0 aliphatic carbocycles. The molecule has 4 rings (SSSR count). The van der Waals surface area contributed by atoms with E-state index in [4.69, 9.17) is 21.2 Å². The van der Waals surface area contributed by atoms with Crippen LogP contribution in [0.1, 0.15) is 27.9 Å². The maximum Gasteiger partial charge on any atom is 0.257 e. The minimum atomic E-state index is -0.566. The van der Waals surface area contributed by atoms with Crippen LogP contribution in [0.3, 0.4) is 0 Å². The molecule has 3 aromatic rings. The highest BCUT2D eigenvalue weighted by atomic mass is 35.5. The van der Waals surface area contributed by atoms with Gasteiger partial charge in [0, 0.05) is 18.0 Å². The van der Waals surface area contributed by atoms with Crippen molar-refractivity contribution in [1.29, 1.82) is 0 Å². The minimum absolute atomic E-state index is 0.00819. The van der Waals surface area contributed by atoms with Crippen molar-refractivity contribution in [3.05, 3.63) is 100 Å². The number of rotatable bonds is 7. The summed E-state index contributed by atoms with van der Waals surface area (Å²) < 4.78 is 19.5. The lowest BCUT2D eigenvalue weighted by Gasteiger charge is -2.25. The Morgan fingerprint density at radius 2 is 1.84 bits per heavy atom. The number of halogens is 2. The predicted molar refractivity (Wildman–Crippen MR) is 122 cm³/mol. The van der Waals surface area contributed by atoms with Gasteiger partial charge in [0.1, 0.15) is 11.6 Å². The van der Waals surface area contributed by atoms with Crippen molar-refractivity contribution in [2.24, 2.45) is 5.16 Å². The lowest BCUT2D eigenvalue weighted by Crippen LogP contribution is -2.37. The van der Waals surface area contributed by atoms with E-state index in [-0.39, 0.29) is 24.8 Å². The van der Waals surface area contributed by atoms with Crippen LogP contribution in [0.5, 0.6) is 5.75 Å². The van der Waals surface area contributed by atoms with Crippen LogP contribution in [-0.4, -0.2) is 36.3 Å². The highest BCUT2D eigenvalue weighted by molar-refractivity contribution is 6.31. The zero-order valence-electron chi connectivity index (χ0n) is 17.5. The van der Waals surface area contributed by atoms with Crippen molar-refractivity contribution in [1.82, 2.24) is 4.90 Å². The van der Waals surface area contributed by atoms with Crippen molar-refractivity contribution in [3.63, 3.8) is 0 Å². The van der Waals surface area contributed by atoms with Gasteiger partial charge in [0.05, 0.1) is 24.9 Å². The number of nitrogens with zero attached hydrogens (tertiary/aromatic N) is 2. The first kappa shape index (κ1) is 21.8. The number of carbonyl (C=O) groups is 1. The normalized spacial score (nSPS) is 15.1. The molecule has 1 atom stereocenters. The molecule has 0 aromatic heterocycles. The number of ether oxygens (including phenoxy) is 1. The first-order valence-corrected chi connectivity index (χ1v) is 10.6. The SMILES string of the molecule is COc1ccc(C2=NO[C@H](CN(Cc3ccccc3Cl)C(=O)c3ccccc3F)C2)cc1. The monoisotopic (exact) mass is 452 g/mol. The van der Waals surface area contributed by atoms with E-state index in [1.165, 1.54) is 12.1 Å². The van der Waals surface area contributed by atoms with Crippen LogP contribution in [0.4, 0.5) is 4.39 Å². The van der Waals surface area contributed by atoms with E-state index in [0.717, 1.165) is 22.6 Å². The van der Waals surface area contributed by atoms with Crippen LogP contribution < -0.4 is 4.74 Å². The quantitative estimate of drug-likeness (QED) is 0.487. The Bertz CT molecular complexity index is 1130. The number of oxime groups is 1. The summed E-state index contributed by atoms with van der Waals surface area (Å²) in [7, 11) is 1.61. The lowest BCUT2D eigenvalue weighted by atomic mass is 10.0. The second-order valence-corrected chi connectivity index (χ2v) is 7.86. The second-order valence-electron chi connectivity index (χ2n) is 7.45. The number of benzene rings is 3. The summed E-state index contributed by atoms with van der Waals surface area (Å²) in [6.45, 7) is 0.464. The van der Waals surface area contributed by atoms with E-state index in [2.05, 4.69) is 5.16 Å². The van der Waals surface area contributed by atoms with Crippen molar-refractivity contribution >= 4 is 23.2 Å². The molecule has 1 heterocycles. The molecule has 0 radical (unpaired) electrons. The van der Waals surface area contributed by atoms with Crippen LogP contribution in [0.15, 0.2) is 78.0 Å². The van der Waals surface area contributed by atoms with Crippen LogP contribution >= 0.6 is 11.6 Å². The summed E-state index contributed by atoms with van der Waals surface area (Å²) in [4.78, 5) is 20.4. The van der Waals surface area contributed by atoms with Crippen LogP contribution in [0.2, 0.25) is 5.02 Å². The van der Waals surface area contributed by atoms with Crippen LogP contribution in [0, 0.1) is 5.82 Å². The molecule has 0 saturated heterocycles. The number of carbonyl (C=O) groups excluding carboxylic acids is 1.